The highest BCUT2D eigenvalue weighted by molar-refractivity contribution is 5.75. The van der Waals surface area contributed by atoms with Gasteiger partial charge in [-0.1, -0.05) is 13.3 Å². The fourth-order valence-corrected chi connectivity index (χ4v) is 1.01. The third-order valence-corrected chi connectivity index (χ3v) is 2.06. The number of ether oxygens (including phenoxy) is 1. The Morgan fingerprint density at radius 1 is 1.40 bits per heavy atom. The van der Waals surface area contributed by atoms with E-state index in [4.69, 9.17) is 4.74 Å². The lowest BCUT2D eigenvalue weighted by Gasteiger charge is -2.21. The van der Waals surface area contributed by atoms with Gasteiger partial charge in [0.05, 0.1) is 5.41 Å². The number of rotatable bonds is 6. The van der Waals surface area contributed by atoms with Crippen LogP contribution in [0.4, 0.5) is 0 Å². The van der Waals surface area contributed by atoms with Crippen LogP contribution in [0.15, 0.2) is 0 Å². The standard InChI is InChI=1S/C12H25NO2/c1-6-7-8-13-9-10(2)15-11(14)12(3,4)5/h10,13H,6-9H2,1-5H3. The number of hydrogen-bond acceptors (Lipinski definition) is 3. The van der Waals surface area contributed by atoms with Crippen molar-refractivity contribution in [3.05, 3.63) is 0 Å². The molecule has 1 unspecified atom stereocenters. The summed E-state index contributed by atoms with van der Waals surface area (Å²) in [5.41, 5.74) is -0.405. The van der Waals surface area contributed by atoms with Crippen LogP contribution in [-0.2, 0) is 9.53 Å². The smallest absolute Gasteiger partial charge is 0.311 e. The minimum Gasteiger partial charge on any atom is -0.461 e. The van der Waals surface area contributed by atoms with Crippen LogP contribution >= 0.6 is 0 Å². The van der Waals surface area contributed by atoms with E-state index in [1.54, 1.807) is 0 Å². The average Bonchev–Trinajstić information content (AvgIpc) is 2.11. The molecular formula is C12H25NO2. The highest BCUT2D eigenvalue weighted by Crippen LogP contribution is 2.16. The largest absolute Gasteiger partial charge is 0.461 e. The molecule has 0 radical (unpaired) electrons. The number of carbonyl (C=O) groups excluding carboxylic acids is 1. The zero-order chi connectivity index (χ0) is 11.9. The molecule has 0 aromatic rings. The van der Waals surface area contributed by atoms with Gasteiger partial charge in [0.1, 0.15) is 6.10 Å². The number of carbonyl (C=O) groups is 1. The molecule has 1 N–H and O–H groups in total. The van der Waals surface area contributed by atoms with Crippen molar-refractivity contribution >= 4 is 5.97 Å². The molecule has 3 nitrogen and oxygen atoms in total. The first kappa shape index (κ1) is 14.4. The Bertz CT molecular complexity index is 185. The van der Waals surface area contributed by atoms with Crippen LogP contribution in [0, 0.1) is 5.41 Å². The van der Waals surface area contributed by atoms with Crippen molar-refractivity contribution in [2.45, 2.75) is 53.6 Å². The monoisotopic (exact) mass is 215 g/mol. The van der Waals surface area contributed by atoms with Gasteiger partial charge in [0, 0.05) is 6.54 Å². The number of nitrogens with one attached hydrogen (secondary N) is 1. The summed E-state index contributed by atoms with van der Waals surface area (Å²) < 4.78 is 5.29. The molecule has 0 bridgehead atoms. The van der Waals surface area contributed by atoms with Crippen LogP contribution in [0.3, 0.4) is 0 Å². The van der Waals surface area contributed by atoms with Gasteiger partial charge in [-0.15, -0.1) is 0 Å². The summed E-state index contributed by atoms with van der Waals surface area (Å²) in [6.07, 6.45) is 2.30. The van der Waals surface area contributed by atoms with Crippen molar-refractivity contribution in [2.75, 3.05) is 13.1 Å². The molecule has 0 aliphatic rings. The maximum atomic E-state index is 11.5. The lowest BCUT2D eigenvalue weighted by Crippen LogP contribution is -2.33. The maximum absolute atomic E-state index is 11.5. The summed E-state index contributed by atoms with van der Waals surface area (Å²) in [6.45, 7) is 11.4. The molecule has 0 aliphatic carbocycles. The first-order valence-electron chi connectivity index (χ1n) is 5.79. The lowest BCUT2D eigenvalue weighted by molar-refractivity contribution is -0.157. The molecule has 0 heterocycles. The topological polar surface area (TPSA) is 38.3 Å². The summed E-state index contributed by atoms with van der Waals surface area (Å²) in [4.78, 5) is 11.5. The van der Waals surface area contributed by atoms with Gasteiger partial charge in [-0.25, -0.2) is 0 Å². The van der Waals surface area contributed by atoms with Gasteiger partial charge < -0.3 is 10.1 Å². The van der Waals surface area contributed by atoms with Crippen molar-refractivity contribution < 1.29 is 9.53 Å². The van der Waals surface area contributed by atoms with Gasteiger partial charge in [0.15, 0.2) is 0 Å². The predicted molar refractivity (Wildman–Crippen MR) is 62.8 cm³/mol. The summed E-state index contributed by atoms with van der Waals surface area (Å²) in [6, 6.07) is 0. The third-order valence-electron chi connectivity index (χ3n) is 2.06. The molecule has 0 aromatic heterocycles. The van der Waals surface area contributed by atoms with E-state index in [-0.39, 0.29) is 12.1 Å². The molecule has 3 heteroatoms. The highest BCUT2D eigenvalue weighted by Gasteiger charge is 2.24. The van der Waals surface area contributed by atoms with Crippen LogP contribution < -0.4 is 5.32 Å². The van der Waals surface area contributed by atoms with Crippen LogP contribution in [-0.4, -0.2) is 25.2 Å². The summed E-state index contributed by atoms with van der Waals surface area (Å²) in [5, 5.41) is 3.27. The maximum Gasteiger partial charge on any atom is 0.311 e. The minimum atomic E-state index is -0.405. The van der Waals surface area contributed by atoms with E-state index in [9.17, 15) is 4.79 Å². The molecule has 0 fully saturated rings. The molecule has 0 amide bonds. The second kappa shape index (κ2) is 6.83. The van der Waals surface area contributed by atoms with Crippen molar-refractivity contribution in [1.29, 1.82) is 0 Å². The third kappa shape index (κ3) is 7.37. The SMILES string of the molecule is CCCCNCC(C)OC(=O)C(C)(C)C. The van der Waals surface area contributed by atoms with E-state index in [1.165, 1.54) is 12.8 Å². The molecule has 90 valence electrons. The van der Waals surface area contributed by atoms with E-state index in [2.05, 4.69) is 12.2 Å². The Hall–Kier alpha value is -0.570. The quantitative estimate of drug-likeness (QED) is 0.546. The van der Waals surface area contributed by atoms with Gasteiger partial charge in [0.2, 0.25) is 0 Å². The first-order chi connectivity index (χ1) is 6.88. The van der Waals surface area contributed by atoms with E-state index >= 15 is 0 Å². The predicted octanol–water partition coefficient (Wildman–Crippen LogP) is 2.35. The number of esters is 1. The molecule has 0 aliphatic heterocycles. The Kier molecular flexibility index (Phi) is 6.57. The Balaban J connectivity index is 3.65. The molecule has 1 atom stereocenters. The molecule has 0 spiro atoms. The zero-order valence-corrected chi connectivity index (χ0v) is 10.7. The minimum absolute atomic E-state index is 0.0476. The zero-order valence-electron chi connectivity index (χ0n) is 10.7. The van der Waals surface area contributed by atoms with Crippen LogP contribution in [0.25, 0.3) is 0 Å². The van der Waals surface area contributed by atoms with Crippen LogP contribution in [0.5, 0.6) is 0 Å². The van der Waals surface area contributed by atoms with E-state index in [0.717, 1.165) is 13.1 Å². The Morgan fingerprint density at radius 3 is 2.47 bits per heavy atom. The van der Waals surface area contributed by atoms with Crippen molar-refractivity contribution in [3.8, 4) is 0 Å². The van der Waals surface area contributed by atoms with Gasteiger partial charge in [-0.2, -0.15) is 0 Å². The lowest BCUT2D eigenvalue weighted by atomic mass is 9.97. The van der Waals surface area contributed by atoms with E-state index in [0.29, 0.717) is 0 Å². The number of unbranched alkanes of at least 4 members (excludes halogenated alkanes) is 1. The highest BCUT2D eigenvalue weighted by atomic mass is 16.5. The normalized spacial score (nSPS) is 13.7. The fourth-order valence-electron chi connectivity index (χ4n) is 1.01. The molecular weight excluding hydrogens is 190 g/mol. The Morgan fingerprint density at radius 2 is 2.00 bits per heavy atom. The molecule has 0 saturated heterocycles. The van der Waals surface area contributed by atoms with Crippen molar-refractivity contribution in [1.82, 2.24) is 5.32 Å². The molecule has 0 aromatic carbocycles. The summed E-state index contributed by atoms with van der Waals surface area (Å²) >= 11 is 0. The van der Waals surface area contributed by atoms with Gasteiger partial charge in [-0.05, 0) is 40.7 Å². The van der Waals surface area contributed by atoms with Crippen molar-refractivity contribution in [2.24, 2.45) is 5.41 Å². The van der Waals surface area contributed by atoms with E-state index < -0.39 is 5.41 Å². The summed E-state index contributed by atoms with van der Waals surface area (Å²) in [5.74, 6) is -0.132. The van der Waals surface area contributed by atoms with Gasteiger partial charge in [-0.3, -0.25) is 4.79 Å². The van der Waals surface area contributed by atoms with Crippen LogP contribution in [0.1, 0.15) is 47.5 Å². The molecule has 0 rings (SSSR count). The molecule has 15 heavy (non-hydrogen) atoms. The second-order valence-corrected chi connectivity index (χ2v) is 5.02. The summed E-state index contributed by atoms with van der Waals surface area (Å²) in [7, 11) is 0. The number of hydrogen-bond donors (Lipinski definition) is 1. The van der Waals surface area contributed by atoms with Crippen molar-refractivity contribution in [3.63, 3.8) is 0 Å². The Labute approximate surface area is 93.6 Å². The second-order valence-electron chi connectivity index (χ2n) is 5.02. The first-order valence-corrected chi connectivity index (χ1v) is 5.79. The van der Waals surface area contributed by atoms with Gasteiger partial charge >= 0.3 is 5.97 Å². The average molecular weight is 215 g/mol. The van der Waals surface area contributed by atoms with Crippen LogP contribution in [0.2, 0.25) is 0 Å². The van der Waals surface area contributed by atoms with E-state index in [1.807, 2.05) is 27.7 Å². The molecule has 0 saturated carbocycles. The van der Waals surface area contributed by atoms with Gasteiger partial charge in [0.25, 0.3) is 0 Å². The fraction of sp³-hybridized carbons (Fsp3) is 0.917.